The molecule has 0 aliphatic carbocycles. The van der Waals surface area contributed by atoms with Crippen LogP contribution in [-0.2, 0) is 4.79 Å². The second-order valence-electron chi connectivity index (χ2n) is 8.74. The first-order valence-electron chi connectivity index (χ1n) is 11.3. The van der Waals surface area contributed by atoms with Gasteiger partial charge in [-0.15, -0.1) is 16.9 Å². The largest absolute Gasteiger partial charge is 0.403 e. The highest BCUT2D eigenvalue weighted by Gasteiger charge is 2.35. The van der Waals surface area contributed by atoms with Crippen LogP contribution >= 0.6 is 11.8 Å². The number of aromatic nitrogens is 2. The van der Waals surface area contributed by atoms with Crippen molar-refractivity contribution < 1.29 is 9.21 Å². The average Bonchev–Trinajstić information content (AvgIpc) is 3.46. The zero-order valence-electron chi connectivity index (χ0n) is 18.6. The molecule has 0 radical (unpaired) electrons. The molecule has 3 atom stereocenters. The molecular formula is C25H24N6O2S. The molecule has 2 aromatic carbocycles. The second-order valence-corrected chi connectivity index (χ2v) is 10.0. The SMILES string of the molecule is CN1CCC2C=C(c3nnc(NC4N=C(c5ccccc5)c5ccccc5NC4=O)o3)SC2C1. The number of benzene rings is 2. The minimum atomic E-state index is -0.919. The molecule has 1 fully saturated rings. The van der Waals surface area contributed by atoms with Crippen molar-refractivity contribution in [1.82, 2.24) is 15.1 Å². The molecule has 1 amide bonds. The fraction of sp³-hybridized carbons (Fsp3) is 0.280. The first-order chi connectivity index (χ1) is 16.6. The number of carbonyl (C=O) groups excluding carboxylic acids is 1. The summed E-state index contributed by atoms with van der Waals surface area (Å²) in [5, 5.41) is 14.9. The molecule has 8 nitrogen and oxygen atoms in total. The molecule has 6 rings (SSSR count). The second kappa shape index (κ2) is 8.73. The third-order valence-electron chi connectivity index (χ3n) is 6.35. The number of nitrogens with one attached hydrogen (secondary N) is 2. The number of likely N-dealkylation sites (tertiary alicyclic amines) is 1. The standard InChI is InChI=1S/C25H24N6O2S/c1-31-12-11-16-13-19(34-20(16)14-31)24-29-30-25(33-24)28-22-23(32)26-18-10-6-5-9-17(18)21(27-22)15-7-3-2-4-8-15/h2-10,13,16,20,22H,11-12,14H2,1H3,(H,26,32)(H,28,30). The van der Waals surface area contributed by atoms with Gasteiger partial charge in [0.1, 0.15) is 0 Å². The van der Waals surface area contributed by atoms with Crippen LogP contribution < -0.4 is 10.6 Å². The first-order valence-corrected chi connectivity index (χ1v) is 12.2. The highest BCUT2D eigenvalue weighted by molar-refractivity contribution is 8.09. The Kier molecular flexibility index (Phi) is 5.43. The van der Waals surface area contributed by atoms with Gasteiger partial charge in [0.15, 0.2) is 0 Å². The Hall–Kier alpha value is -3.43. The van der Waals surface area contributed by atoms with Crippen molar-refractivity contribution in [2.75, 3.05) is 30.8 Å². The Bertz CT molecular complexity index is 1290. The number of benzodiazepines with no additional fused rings is 1. The van der Waals surface area contributed by atoms with Gasteiger partial charge in [0.2, 0.25) is 6.17 Å². The number of aliphatic imine (C=N–C) groups is 1. The summed E-state index contributed by atoms with van der Waals surface area (Å²) in [7, 11) is 2.16. The van der Waals surface area contributed by atoms with Crippen molar-refractivity contribution in [2.45, 2.75) is 17.8 Å². The van der Waals surface area contributed by atoms with Crippen molar-refractivity contribution in [2.24, 2.45) is 10.9 Å². The number of piperidine rings is 1. The zero-order valence-corrected chi connectivity index (χ0v) is 19.5. The van der Waals surface area contributed by atoms with Gasteiger partial charge in [-0.1, -0.05) is 59.7 Å². The molecule has 3 aliphatic rings. The summed E-state index contributed by atoms with van der Waals surface area (Å²) in [6.45, 7) is 2.15. The normalized spacial score (nSPS) is 24.4. The number of rotatable bonds is 4. The van der Waals surface area contributed by atoms with Gasteiger partial charge in [-0.25, -0.2) is 4.99 Å². The Morgan fingerprint density at radius 2 is 1.94 bits per heavy atom. The van der Waals surface area contributed by atoms with Crippen LogP contribution in [0.15, 0.2) is 70.1 Å². The van der Waals surface area contributed by atoms with E-state index in [4.69, 9.17) is 9.41 Å². The number of anilines is 2. The molecule has 3 aromatic rings. The van der Waals surface area contributed by atoms with Gasteiger partial charge >= 0.3 is 6.01 Å². The molecule has 3 aliphatic heterocycles. The maximum absolute atomic E-state index is 13.0. The molecule has 2 N–H and O–H groups in total. The smallest absolute Gasteiger partial charge is 0.317 e. The van der Waals surface area contributed by atoms with E-state index in [1.165, 1.54) is 0 Å². The van der Waals surface area contributed by atoms with Crippen LogP contribution in [0.3, 0.4) is 0 Å². The minimum absolute atomic E-state index is 0.172. The Morgan fingerprint density at radius 3 is 2.82 bits per heavy atom. The van der Waals surface area contributed by atoms with Gasteiger partial charge in [-0.2, -0.15) is 0 Å². The lowest BCUT2D eigenvalue weighted by Gasteiger charge is -2.31. The number of amides is 1. The molecule has 1 aromatic heterocycles. The van der Waals surface area contributed by atoms with Gasteiger partial charge < -0.3 is 20.0 Å². The number of hydrogen-bond donors (Lipinski definition) is 2. The topological polar surface area (TPSA) is 95.6 Å². The predicted molar refractivity (Wildman–Crippen MR) is 134 cm³/mol. The molecule has 0 bridgehead atoms. The Labute approximate surface area is 201 Å². The third-order valence-corrected chi connectivity index (χ3v) is 7.71. The number of fused-ring (bicyclic) bond motifs is 2. The highest BCUT2D eigenvalue weighted by Crippen LogP contribution is 2.45. The summed E-state index contributed by atoms with van der Waals surface area (Å²) in [5.74, 6) is 0.722. The number of thioether (sulfide) groups is 1. The first kappa shape index (κ1) is 21.1. The van der Waals surface area contributed by atoms with E-state index in [2.05, 4.69) is 38.9 Å². The fourth-order valence-electron chi connectivity index (χ4n) is 4.60. The molecule has 0 saturated carbocycles. The van der Waals surface area contributed by atoms with E-state index in [1.807, 2.05) is 54.6 Å². The van der Waals surface area contributed by atoms with Crippen molar-refractivity contribution in [3.05, 3.63) is 77.7 Å². The van der Waals surface area contributed by atoms with E-state index < -0.39 is 6.17 Å². The summed E-state index contributed by atoms with van der Waals surface area (Å²) in [6, 6.07) is 17.6. The molecule has 1 saturated heterocycles. The lowest BCUT2D eigenvalue weighted by atomic mass is 9.96. The highest BCUT2D eigenvalue weighted by atomic mass is 32.2. The average molecular weight is 473 g/mol. The molecule has 34 heavy (non-hydrogen) atoms. The monoisotopic (exact) mass is 472 g/mol. The summed E-state index contributed by atoms with van der Waals surface area (Å²) in [5.41, 5.74) is 3.21. The maximum atomic E-state index is 13.0. The van der Waals surface area contributed by atoms with E-state index in [9.17, 15) is 4.79 Å². The fourth-order valence-corrected chi connectivity index (χ4v) is 6.08. The van der Waals surface area contributed by atoms with Crippen LogP contribution in [0.25, 0.3) is 4.91 Å². The van der Waals surface area contributed by atoms with Crippen LogP contribution in [0, 0.1) is 5.92 Å². The van der Waals surface area contributed by atoms with Crippen LogP contribution in [0.2, 0.25) is 0 Å². The van der Waals surface area contributed by atoms with Gasteiger partial charge in [0.25, 0.3) is 11.8 Å². The molecule has 172 valence electrons. The minimum Gasteiger partial charge on any atom is -0.403 e. The van der Waals surface area contributed by atoms with Gasteiger partial charge in [0.05, 0.1) is 16.3 Å². The molecular weight excluding hydrogens is 448 g/mol. The lowest BCUT2D eigenvalue weighted by Crippen LogP contribution is -2.37. The molecule has 4 heterocycles. The molecule has 9 heteroatoms. The van der Waals surface area contributed by atoms with Gasteiger partial charge in [-0.3, -0.25) is 4.79 Å². The zero-order chi connectivity index (χ0) is 23.1. The Balaban J connectivity index is 1.27. The van der Waals surface area contributed by atoms with Crippen LogP contribution in [0.1, 0.15) is 23.4 Å². The Morgan fingerprint density at radius 1 is 1.12 bits per heavy atom. The van der Waals surface area contributed by atoms with E-state index in [1.54, 1.807) is 11.8 Å². The number of hydrogen-bond acceptors (Lipinski definition) is 8. The summed E-state index contributed by atoms with van der Waals surface area (Å²) in [6.07, 6.45) is 2.47. The van der Waals surface area contributed by atoms with Crippen molar-refractivity contribution in [3.63, 3.8) is 0 Å². The van der Waals surface area contributed by atoms with Crippen LogP contribution in [0.5, 0.6) is 0 Å². The van der Waals surface area contributed by atoms with Gasteiger partial charge in [0, 0.05) is 22.9 Å². The van der Waals surface area contributed by atoms with E-state index in [0.29, 0.717) is 28.5 Å². The van der Waals surface area contributed by atoms with Crippen molar-refractivity contribution in [1.29, 1.82) is 0 Å². The number of nitrogens with zero attached hydrogens (tertiary/aromatic N) is 4. The molecule has 0 spiro atoms. The predicted octanol–water partition coefficient (Wildman–Crippen LogP) is 3.71. The van der Waals surface area contributed by atoms with Crippen molar-refractivity contribution >= 4 is 40.0 Å². The van der Waals surface area contributed by atoms with Crippen molar-refractivity contribution in [3.8, 4) is 0 Å². The summed E-state index contributed by atoms with van der Waals surface area (Å²) in [4.78, 5) is 21.2. The summed E-state index contributed by atoms with van der Waals surface area (Å²) < 4.78 is 5.93. The third kappa shape index (κ3) is 4.01. The summed E-state index contributed by atoms with van der Waals surface area (Å²) >= 11 is 1.79. The number of carbonyl (C=O) groups is 1. The lowest BCUT2D eigenvalue weighted by molar-refractivity contribution is -0.116. The van der Waals surface area contributed by atoms with Crippen LogP contribution in [-0.4, -0.2) is 58.3 Å². The number of allylic oxidation sites excluding steroid dienone is 1. The quantitative estimate of drug-likeness (QED) is 0.598. The molecule has 3 unspecified atom stereocenters. The van der Waals surface area contributed by atoms with E-state index >= 15 is 0 Å². The number of para-hydroxylation sites is 1. The van der Waals surface area contributed by atoms with Gasteiger partial charge in [-0.05, 0) is 32.0 Å². The van der Waals surface area contributed by atoms with E-state index in [-0.39, 0.29) is 11.9 Å². The maximum Gasteiger partial charge on any atom is 0.317 e. The van der Waals surface area contributed by atoms with Crippen LogP contribution in [0.4, 0.5) is 11.7 Å². The van der Waals surface area contributed by atoms with E-state index in [0.717, 1.165) is 35.5 Å².